The zero-order chi connectivity index (χ0) is 12.1. The molecule has 88 valence electrons. The Labute approximate surface area is 85.6 Å². The highest BCUT2D eigenvalue weighted by molar-refractivity contribution is 7.48. The summed E-state index contributed by atoms with van der Waals surface area (Å²) >= 11 is 0. The molecule has 0 radical (unpaired) electrons. The number of carbonyl (C=O) groups is 2. The molecule has 0 spiro atoms. The number of nitrogens with two attached hydrogens (primary N) is 1. The first-order valence-electron chi connectivity index (χ1n) is 3.88. The average Bonchev–Trinajstić information content (AvgIpc) is 2.13. The van der Waals surface area contributed by atoms with Crippen molar-refractivity contribution in [3.8, 4) is 0 Å². The summed E-state index contributed by atoms with van der Waals surface area (Å²) in [6.45, 7) is 0. The fourth-order valence-electron chi connectivity index (χ4n) is 0.608. The summed E-state index contributed by atoms with van der Waals surface area (Å²) in [5.41, 5.74) is 5.09. The Morgan fingerprint density at radius 2 is 2.07 bits per heavy atom. The van der Waals surface area contributed by atoms with Gasteiger partial charge in [-0.25, -0.2) is 4.57 Å². The number of phosphoric acid groups is 1. The van der Waals surface area contributed by atoms with Crippen LogP contribution < -0.4 is 5.73 Å². The molecule has 0 aromatic carbocycles. The van der Waals surface area contributed by atoms with E-state index >= 15 is 0 Å². The zero-order valence-electron chi connectivity index (χ0n) is 7.95. The number of aliphatic carboxylic acids is 1. The first-order chi connectivity index (χ1) is 6.78. The molecule has 2 atom stereocenters. The highest BCUT2D eigenvalue weighted by Crippen LogP contribution is 2.42. The molecule has 0 rings (SSSR count). The highest BCUT2D eigenvalue weighted by atomic mass is 31.2. The van der Waals surface area contributed by atoms with Gasteiger partial charge in [0.1, 0.15) is 6.04 Å². The van der Waals surface area contributed by atoms with E-state index in [0.717, 1.165) is 7.11 Å². The van der Waals surface area contributed by atoms with Crippen LogP contribution in [0, 0.1) is 0 Å². The maximum Gasteiger partial charge on any atom is 0.529 e. The van der Waals surface area contributed by atoms with Crippen LogP contribution in [-0.4, -0.2) is 35.1 Å². The summed E-state index contributed by atoms with van der Waals surface area (Å²) in [5, 5.41) is 8.37. The first kappa shape index (κ1) is 14.1. The van der Waals surface area contributed by atoms with E-state index in [-0.39, 0.29) is 12.8 Å². The highest BCUT2D eigenvalue weighted by Gasteiger charge is 2.24. The summed E-state index contributed by atoms with van der Waals surface area (Å²) in [5.74, 6) is -2.30. The molecule has 0 bridgehead atoms. The molecular weight excluding hydrogens is 229 g/mol. The zero-order valence-corrected chi connectivity index (χ0v) is 8.85. The molecule has 0 amide bonds. The van der Waals surface area contributed by atoms with Crippen molar-refractivity contribution in [3.63, 3.8) is 0 Å². The molecule has 0 aromatic heterocycles. The predicted molar refractivity (Wildman–Crippen MR) is 47.8 cm³/mol. The van der Waals surface area contributed by atoms with E-state index in [0.29, 0.717) is 0 Å². The van der Waals surface area contributed by atoms with Crippen LogP contribution >= 0.6 is 7.82 Å². The smallest absolute Gasteiger partial charge is 0.480 e. The molecule has 9 heteroatoms. The van der Waals surface area contributed by atoms with Crippen LogP contribution in [0.3, 0.4) is 0 Å². The number of hydrogen-bond acceptors (Lipinski definition) is 6. The Morgan fingerprint density at radius 3 is 2.47 bits per heavy atom. The molecule has 0 saturated heterocycles. The molecule has 15 heavy (non-hydrogen) atoms. The van der Waals surface area contributed by atoms with Crippen LogP contribution in [0.4, 0.5) is 0 Å². The van der Waals surface area contributed by atoms with Crippen molar-refractivity contribution in [2.75, 3.05) is 7.11 Å². The second-order valence-corrected chi connectivity index (χ2v) is 4.08. The average molecular weight is 241 g/mol. The Bertz CT molecular complexity index is 291. The van der Waals surface area contributed by atoms with E-state index in [1.54, 1.807) is 0 Å². The van der Waals surface area contributed by atoms with Gasteiger partial charge in [0, 0.05) is 13.5 Å². The van der Waals surface area contributed by atoms with Gasteiger partial charge in [-0.15, -0.1) is 0 Å². The topological polar surface area (TPSA) is 136 Å². The van der Waals surface area contributed by atoms with Crippen LogP contribution in [0.25, 0.3) is 0 Å². The quantitative estimate of drug-likeness (QED) is 0.528. The van der Waals surface area contributed by atoms with Crippen molar-refractivity contribution >= 4 is 19.8 Å². The second kappa shape index (κ2) is 5.82. The fraction of sp³-hybridized carbons (Fsp3) is 0.667. The summed E-state index contributed by atoms with van der Waals surface area (Å²) in [6, 6.07) is -1.21. The van der Waals surface area contributed by atoms with Crippen LogP contribution in [0.5, 0.6) is 0 Å². The summed E-state index contributed by atoms with van der Waals surface area (Å²) < 4.78 is 18.7. The van der Waals surface area contributed by atoms with E-state index < -0.39 is 25.8 Å². The Morgan fingerprint density at radius 1 is 1.53 bits per heavy atom. The van der Waals surface area contributed by atoms with E-state index in [2.05, 4.69) is 9.05 Å². The minimum absolute atomic E-state index is 0.183. The Hall–Kier alpha value is -0.950. The van der Waals surface area contributed by atoms with Gasteiger partial charge < -0.3 is 15.4 Å². The van der Waals surface area contributed by atoms with Crippen LogP contribution in [0.2, 0.25) is 0 Å². The number of phosphoric ester groups is 1. The van der Waals surface area contributed by atoms with Gasteiger partial charge in [-0.3, -0.25) is 19.0 Å². The second-order valence-electron chi connectivity index (χ2n) is 2.60. The summed E-state index contributed by atoms with van der Waals surface area (Å²) in [7, 11) is -3.45. The number of carbonyl (C=O) groups excluding carboxylic acids is 1. The fourth-order valence-corrected chi connectivity index (χ4v) is 1.03. The van der Waals surface area contributed by atoms with Gasteiger partial charge in [-0.2, -0.15) is 0 Å². The minimum atomic E-state index is -4.35. The predicted octanol–water partition coefficient (Wildman–Crippen LogP) is -0.532. The van der Waals surface area contributed by atoms with Crippen LogP contribution in [0.1, 0.15) is 12.8 Å². The third-order valence-electron chi connectivity index (χ3n) is 1.42. The molecule has 0 aliphatic heterocycles. The molecule has 0 heterocycles. The molecule has 0 saturated carbocycles. The van der Waals surface area contributed by atoms with Gasteiger partial charge in [-0.05, 0) is 6.42 Å². The molecule has 8 nitrogen and oxygen atoms in total. The maximum absolute atomic E-state index is 10.9. The maximum atomic E-state index is 10.9. The van der Waals surface area contributed by atoms with Gasteiger partial charge in [-0.1, -0.05) is 0 Å². The minimum Gasteiger partial charge on any atom is -0.480 e. The Kier molecular flexibility index (Phi) is 5.45. The lowest BCUT2D eigenvalue weighted by molar-refractivity contribution is -0.139. The van der Waals surface area contributed by atoms with Gasteiger partial charge in [0.25, 0.3) is 0 Å². The SMILES string of the molecule is COP(=O)(O)OC(=O)CC[C@H](N)C(=O)O. The first-order valence-corrected chi connectivity index (χ1v) is 5.37. The molecule has 1 unspecified atom stereocenters. The van der Waals surface area contributed by atoms with Crippen molar-refractivity contribution in [2.45, 2.75) is 18.9 Å². The molecule has 0 aromatic rings. The van der Waals surface area contributed by atoms with E-state index in [1.165, 1.54) is 0 Å². The van der Waals surface area contributed by atoms with Gasteiger partial charge in [0.2, 0.25) is 0 Å². The molecular formula is C6H12NO7P. The Balaban J connectivity index is 3.96. The van der Waals surface area contributed by atoms with Crippen molar-refractivity contribution in [1.29, 1.82) is 0 Å². The van der Waals surface area contributed by atoms with Gasteiger partial charge >= 0.3 is 19.8 Å². The summed E-state index contributed by atoms with van der Waals surface area (Å²) in [6.07, 6.45) is -0.556. The van der Waals surface area contributed by atoms with Crippen molar-refractivity contribution in [1.82, 2.24) is 0 Å². The molecule has 0 fully saturated rings. The lowest BCUT2D eigenvalue weighted by Gasteiger charge is -2.09. The van der Waals surface area contributed by atoms with E-state index in [4.69, 9.17) is 15.7 Å². The number of carboxylic acid groups (broad SMARTS) is 1. The van der Waals surface area contributed by atoms with Crippen molar-refractivity contribution in [3.05, 3.63) is 0 Å². The van der Waals surface area contributed by atoms with E-state index in [9.17, 15) is 14.2 Å². The normalized spacial score (nSPS) is 16.5. The molecule has 0 aliphatic carbocycles. The number of carboxylic acids is 1. The number of hydrogen-bond donors (Lipinski definition) is 3. The van der Waals surface area contributed by atoms with E-state index in [1.807, 2.05) is 0 Å². The molecule has 0 aliphatic rings. The molecule has 4 N–H and O–H groups in total. The van der Waals surface area contributed by atoms with Crippen LogP contribution in [0.15, 0.2) is 0 Å². The van der Waals surface area contributed by atoms with Crippen LogP contribution in [-0.2, 0) is 23.2 Å². The standard InChI is InChI=1S/C6H12NO7P/c1-13-15(11,12)14-5(8)3-2-4(7)6(9)10/h4H,2-3,7H2,1H3,(H,9,10)(H,11,12)/t4-/m0/s1. The lowest BCUT2D eigenvalue weighted by Crippen LogP contribution is -2.30. The van der Waals surface area contributed by atoms with Crippen molar-refractivity contribution < 1.29 is 33.2 Å². The number of rotatable bonds is 6. The summed E-state index contributed by atoms with van der Waals surface area (Å²) in [4.78, 5) is 29.8. The van der Waals surface area contributed by atoms with Gasteiger partial charge in [0.15, 0.2) is 0 Å². The third kappa shape index (κ3) is 6.19. The monoisotopic (exact) mass is 241 g/mol. The lowest BCUT2D eigenvalue weighted by atomic mass is 10.2. The largest absolute Gasteiger partial charge is 0.529 e. The van der Waals surface area contributed by atoms with Crippen molar-refractivity contribution in [2.24, 2.45) is 5.73 Å². The van der Waals surface area contributed by atoms with Gasteiger partial charge in [0.05, 0.1) is 0 Å². The third-order valence-corrected chi connectivity index (χ3v) is 2.32.